The van der Waals surface area contributed by atoms with Crippen molar-refractivity contribution in [3.05, 3.63) is 36.5 Å². The number of ketones is 1. The molecule has 0 spiro atoms. The van der Waals surface area contributed by atoms with E-state index < -0.39 is 11.4 Å². The van der Waals surface area contributed by atoms with Crippen LogP contribution in [0.5, 0.6) is 0 Å². The summed E-state index contributed by atoms with van der Waals surface area (Å²) in [5, 5.41) is 0. The van der Waals surface area contributed by atoms with Crippen molar-refractivity contribution in [1.29, 1.82) is 0 Å². The minimum atomic E-state index is -1.11. The zero-order chi connectivity index (χ0) is 13.8. The van der Waals surface area contributed by atoms with E-state index in [4.69, 9.17) is 4.74 Å². The average Bonchev–Trinajstić information content (AvgIpc) is 2.78. The predicted molar refractivity (Wildman–Crippen MR) is 70.9 cm³/mol. The van der Waals surface area contributed by atoms with Crippen molar-refractivity contribution in [3.8, 4) is 0 Å². The Morgan fingerprint density at radius 2 is 1.83 bits per heavy atom. The van der Waals surface area contributed by atoms with Gasteiger partial charge in [0.1, 0.15) is 11.2 Å². The van der Waals surface area contributed by atoms with Gasteiger partial charge in [0, 0.05) is 0 Å². The van der Waals surface area contributed by atoms with Gasteiger partial charge in [-0.1, -0.05) is 29.9 Å². The second-order valence-electron chi connectivity index (χ2n) is 4.90. The molecule has 1 aliphatic carbocycles. The van der Waals surface area contributed by atoms with E-state index in [1.807, 2.05) is 31.2 Å². The predicted octanol–water partition coefficient (Wildman–Crippen LogP) is 2.83. The molecule has 1 atom stereocenters. The number of methoxy groups -OCH3 is 1. The molecule has 0 aliphatic heterocycles. The molecule has 0 N–H and O–H groups in total. The van der Waals surface area contributed by atoms with Crippen LogP contribution in [0.15, 0.2) is 36.5 Å². The summed E-state index contributed by atoms with van der Waals surface area (Å²) in [6.07, 6.45) is 8.60. The van der Waals surface area contributed by atoms with Crippen molar-refractivity contribution in [3.63, 3.8) is 0 Å². The van der Waals surface area contributed by atoms with Crippen molar-refractivity contribution in [2.24, 2.45) is 11.3 Å². The molecule has 3 heteroatoms. The fourth-order valence-electron chi connectivity index (χ4n) is 2.37. The van der Waals surface area contributed by atoms with E-state index in [0.717, 1.165) is 5.57 Å². The Morgan fingerprint density at radius 1 is 1.28 bits per heavy atom. The number of allylic oxidation sites excluding steroid dienone is 5. The standard InChI is InChI=1S/C15H20O3/c1-11(2)9-15(12(3)16,14(17)18-4)10-13-7-5-6-8-13/h5-8,13H,1,9-10H2,2-4H3. The van der Waals surface area contributed by atoms with Crippen LogP contribution < -0.4 is 0 Å². The van der Waals surface area contributed by atoms with E-state index in [1.54, 1.807) is 0 Å². The summed E-state index contributed by atoms with van der Waals surface area (Å²) in [5.74, 6) is -0.523. The SMILES string of the molecule is C=C(C)CC(CC1C=CC=C1)(C(C)=O)C(=O)OC. The van der Waals surface area contributed by atoms with Crippen LogP contribution in [0.2, 0.25) is 0 Å². The normalized spacial score (nSPS) is 17.5. The lowest BCUT2D eigenvalue weighted by atomic mass is 9.72. The Hall–Kier alpha value is -1.64. The van der Waals surface area contributed by atoms with Crippen LogP contribution >= 0.6 is 0 Å². The second kappa shape index (κ2) is 5.80. The molecule has 0 heterocycles. The highest BCUT2D eigenvalue weighted by Gasteiger charge is 2.45. The van der Waals surface area contributed by atoms with E-state index in [9.17, 15) is 9.59 Å². The molecular weight excluding hydrogens is 228 g/mol. The van der Waals surface area contributed by atoms with E-state index in [-0.39, 0.29) is 11.7 Å². The number of esters is 1. The van der Waals surface area contributed by atoms with Gasteiger partial charge in [-0.05, 0) is 32.6 Å². The summed E-state index contributed by atoms with van der Waals surface area (Å²) in [4.78, 5) is 24.1. The van der Waals surface area contributed by atoms with Gasteiger partial charge in [-0.2, -0.15) is 0 Å². The smallest absolute Gasteiger partial charge is 0.319 e. The molecule has 0 aromatic heterocycles. The molecule has 0 bridgehead atoms. The molecule has 1 rings (SSSR count). The number of carbonyl (C=O) groups excluding carboxylic acids is 2. The lowest BCUT2D eigenvalue weighted by Gasteiger charge is -2.30. The summed E-state index contributed by atoms with van der Waals surface area (Å²) < 4.78 is 4.84. The number of Topliss-reactive ketones (excluding diaryl/α,β-unsaturated/α-hetero) is 1. The Labute approximate surface area is 108 Å². The highest BCUT2D eigenvalue weighted by Crippen LogP contribution is 2.37. The van der Waals surface area contributed by atoms with E-state index in [0.29, 0.717) is 12.8 Å². The number of hydrogen-bond donors (Lipinski definition) is 0. The fraction of sp³-hybridized carbons (Fsp3) is 0.467. The molecule has 1 unspecified atom stereocenters. The molecule has 0 amide bonds. The number of carbonyl (C=O) groups is 2. The minimum Gasteiger partial charge on any atom is -0.468 e. The summed E-state index contributed by atoms with van der Waals surface area (Å²) in [6, 6.07) is 0. The first-order valence-corrected chi connectivity index (χ1v) is 6.01. The summed E-state index contributed by atoms with van der Waals surface area (Å²) in [5.41, 5.74) is -0.300. The highest BCUT2D eigenvalue weighted by atomic mass is 16.5. The van der Waals surface area contributed by atoms with E-state index in [1.165, 1.54) is 14.0 Å². The summed E-state index contributed by atoms with van der Waals surface area (Å²) in [6.45, 7) is 7.08. The van der Waals surface area contributed by atoms with Gasteiger partial charge in [0.05, 0.1) is 7.11 Å². The maximum atomic E-state index is 12.1. The Balaban J connectivity index is 3.06. The van der Waals surface area contributed by atoms with Crippen molar-refractivity contribution in [2.45, 2.75) is 26.7 Å². The van der Waals surface area contributed by atoms with E-state index in [2.05, 4.69) is 6.58 Å². The molecule has 98 valence electrons. The van der Waals surface area contributed by atoms with Gasteiger partial charge >= 0.3 is 5.97 Å². The van der Waals surface area contributed by atoms with Crippen molar-refractivity contribution >= 4 is 11.8 Å². The topological polar surface area (TPSA) is 43.4 Å². The van der Waals surface area contributed by atoms with E-state index >= 15 is 0 Å². The van der Waals surface area contributed by atoms with Crippen molar-refractivity contribution in [2.75, 3.05) is 7.11 Å². The first-order chi connectivity index (χ1) is 8.42. The van der Waals surface area contributed by atoms with Gasteiger partial charge in [0.25, 0.3) is 0 Å². The molecule has 0 saturated heterocycles. The van der Waals surface area contributed by atoms with Crippen LogP contribution in [0, 0.1) is 11.3 Å². The molecule has 0 fully saturated rings. The van der Waals surface area contributed by atoms with Crippen LogP contribution in [-0.2, 0) is 14.3 Å². The highest BCUT2D eigenvalue weighted by molar-refractivity contribution is 6.03. The fourth-order valence-corrected chi connectivity index (χ4v) is 2.37. The first-order valence-electron chi connectivity index (χ1n) is 6.01. The van der Waals surface area contributed by atoms with Gasteiger partial charge in [0.15, 0.2) is 0 Å². The first kappa shape index (κ1) is 14.4. The van der Waals surface area contributed by atoms with Gasteiger partial charge < -0.3 is 4.74 Å². The van der Waals surface area contributed by atoms with Crippen LogP contribution in [0.1, 0.15) is 26.7 Å². The lowest BCUT2D eigenvalue weighted by molar-refractivity contribution is -0.158. The molecule has 0 radical (unpaired) electrons. The van der Waals surface area contributed by atoms with Crippen LogP contribution in [0.4, 0.5) is 0 Å². The maximum absolute atomic E-state index is 12.1. The molecule has 1 aliphatic rings. The molecule has 3 nitrogen and oxygen atoms in total. The monoisotopic (exact) mass is 248 g/mol. The van der Waals surface area contributed by atoms with Gasteiger partial charge in [-0.3, -0.25) is 9.59 Å². The Bertz CT molecular complexity index is 405. The third-order valence-electron chi connectivity index (χ3n) is 3.27. The van der Waals surface area contributed by atoms with Gasteiger partial charge in [-0.25, -0.2) is 0 Å². The molecule has 0 aromatic carbocycles. The molecule has 0 saturated carbocycles. The van der Waals surface area contributed by atoms with Crippen molar-refractivity contribution in [1.82, 2.24) is 0 Å². The summed E-state index contributed by atoms with van der Waals surface area (Å²) in [7, 11) is 1.32. The average molecular weight is 248 g/mol. The van der Waals surface area contributed by atoms with Gasteiger partial charge in [-0.15, -0.1) is 6.58 Å². The summed E-state index contributed by atoms with van der Waals surface area (Å²) >= 11 is 0. The minimum absolute atomic E-state index is 0.104. The maximum Gasteiger partial charge on any atom is 0.319 e. The molecular formula is C15H20O3. The number of ether oxygens (including phenoxy) is 1. The van der Waals surface area contributed by atoms with Crippen molar-refractivity contribution < 1.29 is 14.3 Å². The van der Waals surface area contributed by atoms with Gasteiger partial charge in [0.2, 0.25) is 0 Å². The number of hydrogen-bond acceptors (Lipinski definition) is 3. The Kier molecular flexibility index (Phi) is 4.65. The van der Waals surface area contributed by atoms with Crippen LogP contribution in [-0.4, -0.2) is 18.9 Å². The second-order valence-corrected chi connectivity index (χ2v) is 4.90. The largest absolute Gasteiger partial charge is 0.468 e. The third-order valence-corrected chi connectivity index (χ3v) is 3.27. The van der Waals surface area contributed by atoms with Crippen LogP contribution in [0.25, 0.3) is 0 Å². The zero-order valence-electron chi connectivity index (χ0n) is 11.2. The van der Waals surface area contributed by atoms with Crippen LogP contribution in [0.3, 0.4) is 0 Å². The third kappa shape index (κ3) is 2.97. The lowest BCUT2D eigenvalue weighted by Crippen LogP contribution is -2.40. The number of rotatable bonds is 6. The molecule has 18 heavy (non-hydrogen) atoms. The quantitative estimate of drug-likeness (QED) is 0.412. The molecule has 0 aromatic rings. The Morgan fingerprint density at radius 3 is 2.22 bits per heavy atom. The zero-order valence-corrected chi connectivity index (χ0v) is 11.2.